The number of benzene rings is 2. The summed E-state index contributed by atoms with van der Waals surface area (Å²) in [5.74, 6) is 0.452. The van der Waals surface area contributed by atoms with Crippen molar-refractivity contribution in [3.05, 3.63) is 59.2 Å². The Bertz CT molecular complexity index is 797. The molecule has 0 spiro atoms. The van der Waals surface area contributed by atoms with Gasteiger partial charge in [-0.05, 0) is 74.9 Å². The van der Waals surface area contributed by atoms with Crippen LogP contribution in [0.15, 0.2) is 42.5 Å². The summed E-state index contributed by atoms with van der Waals surface area (Å²) in [5.41, 5.74) is 3.88. The Balaban J connectivity index is 1.64. The van der Waals surface area contributed by atoms with E-state index in [-0.39, 0.29) is 11.7 Å². The standard InChI is InChI=1S/C21H23NO3/c1-14(23)17-8-5-9-19(12-17)22-21(24)15(2)25-20-11-10-16-6-3-4-7-18(16)13-20/h5,8-13,15H,3-4,6-7H2,1-2H3,(H,22,24)/t15-/m1/s1. The molecular weight excluding hydrogens is 314 g/mol. The number of ether oxygens (including phenoxy) is 1. The number of aryl methyl sites for hydroxylation is 2. The third kappa shape index (κ3) is 4.27. The van der Waals surface area contributed by atoms with Crippen LogP contribution < -0.4 is 10.1 Å². The second kappa shape index (κ2) is 7.51. The zero-order valence-corrected chi connectivity index (χ0v) is 14.7. The molecule has 1 aliphatic carbocycles. The molecule has 25 heavy (non-hydrogen) atoms. The lowest BCUT2D eigenvalue weighted by Gasteiger charge is -2.19. The van der Waals surface area contributed by atoms with Crippen LogP contribution in [0.1, 0.15) is 48.2 Å². The molecule has 4 heteroatoms. The second-order valence-electron chi connectivity index (χ2n) is 6.52. The molecule has 3 rings (SSSR count). The first-order chi connectivity index (χ1) is 12.0. The first-order valence-electron chi connectivity index (χ1n) is 8.73. The molecule has 0 saturated heterocycles. The highest BCUT2D eigenvalue weighted by Gasteiger charge is 2.17. The van der Waals surface area contributed by atoms with E-state index in [1.54, 1.807) is 31.2 Å². The lowest BCUT2D eigenvalue weighted by molar-refractivity contribution is -0.122. The normalized spacial score (nSPS) is 14.3. The van der Waals surface area contributed by atoms with E-state index >= 15 is 0 Å². The number of anilines is 1. The van der Waals surface area contributed by atoms with Crippen LogP contribution in [0, 0.1) is 0 Å². The fourth-order valence-electron chi connectivity index (χ4n) is 3.10. The van der Waals surface area contributed by atoms with Crippen LogP contribution in [0.25, 0.3) is 0 Å². The van der Waals surface area contributed by atoms with E-state index < -0.39 is 6.10 Å². The minimum Gasteiger partial charge on any atom is -0.481 e. The summed E-state index contributed by atoms with van der Waals surface area (Å²) in [7, 11) is 0. The van der Waals surface area contributed by atoms with Gasteiger partial charge in [-0.2, -0.15) is 0 Å². The molecular formula is C21H23NO3. The molecule has 0 aliphatic heterocycles. The summed E-state index contributed by atoms with van der Waals surface area (Å²) in [6.45, 7) is 3.23. The number of ketones is 1. The third-order valence-electron chi connectivity index (χ3n) is 4.54. The lowest BCUT2D eigenvalue weighted by Crippen LogP contribution is -2.30. The number of hydrogen-bond acceptors (Lipinski definition) is 3. The van der Waals surface area contributed by atoms with Crippen molar-refractivity contribution in [3.8, 4) is 5.75 Å². The predicted molar refractivity (Wildman–Crippen MR) is 98.3 cm³/mol. The molecule has 1 aliphatic rings. The molecule has 1 N–H and O–H groups in total. The van der Waals surface area contributed by atoms with Crippen LogP contribution in [0.3, 0.4) is 0 Å². The molecule has 0 heterocycles. The number of fused-ring (bicyclic) bond motifs is 1. The molecule has 130 valence electrons. The van der Waals surface area contributed by atoms with Crippen molar-refractivity contribution < 1.29 is 14.3 Å². The van der Waals surface area contributed by atoms with Gasteiger partial charge in [-0.3, -0.25) is 9.59 Å². The Kier molecular flexibility index (Phi) is 5.17. The summed E-state index contributed by atoms with van der Waals surface area (Å²) < 4.78 is 5.81. The van der Waals surface area contributed by atoms with Crippen LogP contribution >= 0.6 is 0 Å². The fraction of sp³-hybridized carbons (Fsp3) is 0.333. The van der Waals surface area contributed by atoms with Crippen molar-refractivity contribution in [2.45, 2.75) is 45.6 Å². The lowest BCUT2D eigenvalue weighted by atomic mass is 9.92. The Morgan fingerprint density at radius 3 is 2.56 bits per heavy atom. The summed E-state index contributed by atoms with van der Waals surface area (Å²) in [4.78, 5) is 23.8. The second-order valence-corrected chi connectivity index (χ2v) is 6.52. The van der Waals surface area contributed by atoms with Gasteiger partial charge < -0.3 is 10.1 Å². The molecule has 0 aromatic heterocycles. The molecule has 0 bridgehead atoms. The SMILES string of the molecule is CC(=O)c1cccc(NC(=O)[C@@H](C)Oc2ccc3c(c2)CCCC3)c1. The van der Waals surface area contributed by atoms with Gasteiger partial charge >= 0.3 is 0 Å². The number of nitrogens with one attached hydrogen (secondary N) is 1. The largest absolute Gasteiger partial charge is 0.481 e. The van der Waals surface area contributed by atoms with E-state index in [4.69, 9.17) is 4.74 Å². The van der Waals surface area contributed by atoms with E-state index in [2.05, 4.69) is 17.4 Å². The number of hydrogen-bond donors (Lipinski definition) is 1. The maximum atomic E-state index is 12.4. The highest BCUT2D eigenvalue weighted by molar-refractivity contribution is 5.98. The first-order valence-corrected chi connectivity index (χ1v) is 8.73. The summed E-state index contributed by atoms with van der Waals surface area (Å²) in [5, 5.41) is 2.80. The van der Waals surface area contributed by atoms with E-state index in [1.165, 1.54) is 30.9 Å². The Morgan fingerprint density at radius 2 is 1.80 bits per heavy atom. The highest BCUT2D eigenvalue weighted by atomic mass is 16.5. The van der Waals surface area contributed by atoms with Crippen LogP contribution in [0.2, 0.25) is 0 Å². The van der Waals surface area contributed by atoms with Gasteiger partial charge in [0.15, 0.2) is 11.9 Å². The maximum Gasteiger partial charge on any atom is 0.265 e. The van der Waals surface area contributed by atoms with Crippen molar-refractivity contribution in [1.82, 2.24) is 0 Å². The van der Waals surface area contributed by atoms with Crippen molar-refractivity contribution in [2.75, 3.05) is 5.32 Å². The molecule has 0 saturated carbocycles. The fourth-order valence-corrected chi connectivity index (χ4v) is 3.10. The Morgan fingerprint density at radius 1 is 1.04 bits per heavy atom. The van der Waals surface area contributed by atoms with Gasteiger partial charge in [0.2, 0.25) is 0 Å². The minimum atomic E-state index is -0.623. The average Bonchev–Trinajstić information content (AvgIpc) is 2.61. The van der Waals surface area contributed by atoms with Crippen LogP contribution in [-0.4, -0.2) is 17.8 Å². The highest BCUT2D eigenvalue weighted by Crippen LogP contribution is 2.26. The van der Waals surface area contributed by atoms with Crippen LogP contribution in [0.5, 0.6) is 5.75 Å². The Labute approximate surface area is 148 Å². The summed E-state index contributed by atoms with van der Waals surface area (Å²) in [6, 6.07) is 13.0. The monoisotopic (exact) mass is 337 g/mol. The van der Waals surface area contributed by atoms with Crippen LogP contribution in [-0.2, 0) is 17.6 Å². The molecule has 1 amide bonds. The van der Waals surface area contributed by atoms with Crippen molar-refractivity contribution in [3.63, 3.8) is 0 Å². The number of carbonyl (C=O) groups excluding carboxylic acids is 2. The molecule has 0 fully saturated rings. The first kappa shape index (κ1) is 17.2. The van der Waals surface area contributed by atoms with Gasteiger partial charge in [-0.15, -0.1) is 0 Å². The average molecular weight is 337 g/mol. The predicted octanol–water partition coefficient (Wildman–Crippen LogP) is 4.17. The van der Waals surface area contributed by atoms with Gasteiger partial charge in [0, 0.05) is 11.3 Å². The topological polar surface area (TPSA) is 55.4 Å². The molecule has 0 radical (unpaired) electrons. The minimum absolute atomic E-state index is 0.0329. The van der Waals surface area contributed by atoms with Gasteiger partial charge in [-0.1, -0.05) is 18.2 Å². The van der Waals surface area contributed by atoms with Crippen LogP contribution in [0.4, 0.5) is 5.69 Å². The number of carbonyl (C=O) groups is 2. The van der Waals surface area contributed by atoms with Crippen molar-refractivity contribution in [2.24, 2.45) is 0 Å². The van der Waals surface area contributed by atoms with E-state index in [1.807, 2.05) is 6.07 Å². The quantitative estimate of drug-likeness (QED) is 0.833. The molecule has 1 atom stereocenters. The zero-order valence-electron chi connectivity index (χ0n) is 14.7. The van der Waals surface area contributed by atoms with E-state index in [9.17, 15) is 9.59 Å². The molecule has 2 aromatic rings. The smallest absolute Gasteiger partial charge is 0.265 e. The van der Waals surface area contributed by atoms with Gasteiger partial charge in [0.1, 0.15) is 5.75 Å². The molecule has 0 unspecified atom stereocenters. The maximum absolute atomic E-state index is 12.4. The molecule has 4 nitrogen and oxygen atoms in total. The molecule has 2 aromatic carbocycles. The summed E-state index contributed by atoms with van der Waals surface area (Å²) >= 11 is 0. The van der Waals surface area contributed by atoms with Gasteiger partial charge in [0.25, 0.3) is 5.91 Å². The van der Waals surface area contributed by atoms with E-state index in [0.29, 0.717) is 11.3 Å². The summed E-state index contributed by atoms with van der Waals surface area (Å²) in [6.07, 6.45) is 4.02. The third-order valence-corrected chi connectivity index (χ3v) is 4.54. The van der Waals surface area contributed by atoms with Gasteiger partial charge in [-0.25, -0.2) is 0 Å². The van der Waals surface area contributed by atoms with Gasteiger partial charge in [0.05, 0.1) is 0 Å². The van der Waals surface area contributed by atoms with E-state index in [0.717, 1.165) is 18.6 Å². The number of rotatable bonds is 5. The van der Waals surface area contributed by atoms with Crippen molar-refractivity contribution >= 4 is 17.4 Å². The number of amides is 1. The zero-order chi connectivity index (χ0) is 17.8. The number of Topliss-reactive ketones (excluding diaryl/α,β-unsaturated/α-hetero) is 1. The van der Waals surface area contributed by atoms with Crippen molar-refractivity contribution in [1.29, 1.82) is 0 Å². The Hall–Kier alpha value is -2.62.